The maximum absolute atomic E-state index is 13.2. The van der Waals surface area contributed by atoms with E-state index in [-0.39, 0.29) is 18.1 Å². The van der Waals surface area contributed by atoms with Crippen molar-refractivity contribution in [1.82, 2.24) is 0 Å². The van der Waals surface area contributed by atoms with E-state index >= 15 is 0 Å². The number of nitrogens with zero attached hydrogens (tertiary/aromatic N) is 1. The summed E-state index contributed by atoms with van der Waals surface area (Å²) >= 11 is 0. The van der Waals surface area contributed by atoms with Crippen LogP contribution in [0, 0.1) is 22.9 Å². The van der Waals surface area contributed by atoms with Gasteiger partial charge in [0.1, 0.15) is 23.9 Å². The zero-order valence-corrected chi connectivity index (χ0v) is 11.7. The van der Waals surface area contributed by atoms with Gasteiger partial charge in [0.05, 0.1) is 4.92 Å². The molecule has 0 saturated heterocycles. The minimum Gasteiger partial charge on any atom is -0.489 e. The Morgan fingerprint density at radius 1 is 1.29 bits per heavy atom. The van der Waals surface area contributed by atoms with Crippen molar-refractivity contribution in [1.29, 1.82) is 0 Å². The van der Waals surface area contributed by atoms with E-state index in [1.54, 1.807) is 25.2 Å². The average molecular weight is 290 g/mol. The second-order valence-electron chi connectivity index (χ2n) is 4.56. The normalized spacial score (nSPS) is 10.2. The first kappa shape index (κ1) is 14.8. The molecule has 0 aliphatic rings. The van der Waals surface area contributed by atoms with Gasteiger partial charge < -0.3 is 10.1 Å². The summed E-state index contributed by atoms with van der Waals surface area (Å²) in [7, 11) is 1.61. The number of anilines is 1. The van der Waals surface area contributed by atoms with Gasteiger partial charge in [0.15, 0.2) is 0 Å². The molecule has 0 bridgehead atoms. The molecule has 0 radical (unpaired) electrons. The third-order valence-corrected chi connectivity index (χ3v) is 3.07. The maximum Gasteiger partial charge on any atom is 0.292 e. The number of benzene rings is 2. The van der Waals surface area contributed by atoms with Crippen LogP contribution >= 0.6 is 0 Å². The SMILES string of the molecule is CNc1cc(COc2cc(F)ccc2C)ccc1[N+](=O)[O-]. The third kappa shape index (κ3) is 3.47. The van der Waals surface area contributed by atoms with Crippen LogP contribution in [0.1, 0.15) is 11.1 Å². The number of rotatable bonds is 5. The smallest absolute Gasteiger partial charge is 0.292 e. The summed E-state index contributed by atoms with van der Waals surface area (Å²) in [4.78, 5) is 10.4. The third-order valence-electron chi connectivity index (χ3n) is 3.07. The number of hydrogen-bond donors (Lipinski definition) is 1. The van der Waals surface area contributed by atoms with Crippen LogP contribution in [0.4, 0.5) is 15.8 Å². The van der Waals surface area contributed by atoms with E-state index in [4.69, 9.17) is 4.74 Å². The molecular formula is C15H15FN2O3. The van der Waals surface area contributed by atoms with Crippen molar-refractivity contribution in [2.24, 2.45) is 0 Å². The molecule has 0 saturated carbocycles. The van der Waals surface area contributed by atoms with Gasteiger partial charge in [0.25, 0.3) is 5.69 Å². The fraction of sp³-hybridized carbons (Fsp3) is 0.200. The molecule has 0 aliphatic heterocycles. The molecule has 5 nitrogen and oxygen atoms in total. The quantitative estimate of drug-likeness (QED) is 0.674. The molecule has 0 heterocycles. The molecule has 2 aromatic rings. The number of nitro benzene ring substituents is 1. The van der Waals surface area contributed by atoms with Crippen LogP contribution in [0.3, 0.4) is 0 Å². The lowest BCUT2D eigenvalue weighted by Crippen LogP contribution is -2.01. The molecule has 1 N–H and O–H groups in total. The molecule has 0 fully saturated rings. The maximum atomic E-state index is 13.2. The molecule has 21 heavy (non-hydrogen) atoms. The summed E-state index contributed by atoms with van der Waals surface area (Å²) in [5, 5.41) is 13.6. The Balaban J connectivity index is 2.17. The Labute approximate surface area is 121 Å². The Morgan fingerprint density at radius 2 is 2.05 bits per heavy atom. The number of ether oxygens (including phenoxy) is 1. The summed E-state index contributed by atoms with van der Waals surface area (Å²) in [5.74, 6) is 0.0922. The number of nitrogens with one attached hydrogen (secondary N) is 1. The highest BCUT2D eigenvalue weighted by Crippen LogP contribution is 2.26. The zero-order chi connectivity index (χ0) is 15.4. The van der Waals surface area contributed by atoms with Crippen molar-refractivity contribution in [2.45, 2.75) is 13.5 Å². The lowest BCUT2D eigenvalue weighted by molar-refractivity contribution is -0.384. The predicted molar refractivity (Wildman–Crippen MR) is 78.1 cm³/mol. The second-order valence-corrected chi connectivity index (χ2v) is 4.56. The van der Waals surface area contributed by atoms with Crippen LogP contribution in [-0.4, -0.2) is 12.0 Å². The molecule has 0 atom stereocenters. The van der Waals surface area contributed by atoms with Crippen molar-refractivity contribution in [3.63, 3.8) is 0 Å². The number of halogens is 1. The van der Waals surface area contributed by atoms with Gasteiger partial charge in [-0.25, -0.2) is 4.39 Å². The summed E-state index contributed by atoms with van der Waals surface area (Å²) in [6.07, 6.45) is 0. The largest absolute Gasteiger partial charge is 0.489 e. The molecule has 110 valence electrons. The minimum atomic E-state index is -0.451. The van der Waals surface area contributed by atoms with Gasteiger partial charge in [-0.1, -0.05) is 6.07 Å². The number of aryl methyl sites for hydroxylation is 1. The molecular weight excluding hydrogens is 275 g/mol. The van der Waals surface area contributed by atoms with Gasteiger partial charge in [-0.05, 0) is 36.2 Å². The highest BCUT2D eigenvalue weighted by molar-refractivity contribution is 5.62. The highest BCUT2D eigenvalue weighted by Gasteiger charge is 2.13. The monoisotopic (exact) mass is 290 g/mol. The summed E-state index contributed by atoms with van der Waals surface area (Å²) in [6, 6.07) is 9.01. The fourth-order valence-electron chi connectivity index (χ4n) is 1.92. The van der Waals surface area contributed by atoms with Crippen LogP contribution < -0.4 is 10.1 Å². The summed E-state index contributed by atoms with van der Waals surface area (Å²) in [5.41, 5.74) is 2.00. The van der Waals surface area contributed by atoms with Crippen LogP contribution in [-0.2, 0) is 6.61 Å². The lowest BCUT2D eigenvalue weighted by Gasteiger charge is -2.10. The Hall–Kier alpha value is -2.63. The number of nitro groups is 1. The van der Waals surface area contributed by atoms with Crippen LogP contribution in [0.15, 0.2) is 36.4 Å². The summed E-state index contributed by atoms with van der Waals surface area (Å²) in [6.45, 7) is 2.03. The van der Waals surface area contributed by atoms with E-state index in [0.717, 1.165) is 11.1 Å². The Morgan fingerprint density at radius 3 is 2.71 bits per heavy atom. The van der Waals surface area contributed by atoms with Crippen LogP contribution in [0.25, 0.3) is 0 Å². The van der Waals surface area contributed by atoms with Crippen molar-refractivity contribution in [3.05, 3.63) is 63.5 Å². The number of hydrogen-bond acceptors (Lipinski definition) is 4. The van der Waals surface area contributed by atoms with E-state index in [0.29, 0.717) is 11.4 Å². The van der Waals surface area contributed by atoms with E-state index in [2.05, 4.69) is 5.32 Å². The van der Waals surface area contributed by atoms with Crippen LogP contribution in [0.5, 0.6) is 5.75 Å². The van der Waals surface area contributed by atoms with Crippen molar-refractivity contribution in [2.75, 3.05) is 12.4 Å². The molecule has 0 aromatic heterocycles. The highest BCUT2D eigenvalue weighted by atomic mass is 19.1. The summed E-state index contributed by atoms with van der Waals surface area (Å²) < 4.78 is 18.7. The molecule has 2 aromatic carbocycles. The molecule has 0 unspecified atom stereocenters. The first-order valence-corrected chi connectivity index (χ1v) is 6.35. The predicted octanol–water partition coefficient (Wildman–Crippen LogP) is 3.66. The van der Waals surface area contributed by atoms with Crippen molar-refractivity contribution >= 4 is 11.4 Å². The Bertz CT molecular complexity index is 674. The van der Waals surface area contributed by atoms with Crippen molar-refractivity contribution < 1.29 is 14.1 Å². The van der Waals surface area contributed by atoms with Gasteiger partial charge in [-0.15, -0.1) is 0 Å². The van der Waals surface area contributed by atoms with Gasteiger partial charge in [0, 0.05) is 19.2 Å². The van der Waals surface area contributed by atoms with Gasteiger partial charge in [-0.2, -0.15) is 0 Å². The first-order valence-electron chi connectivity index (χ1n) is 6.35. The standard InChI is InChI=1S/C15H15FN2O3/c1-10-3-5-12(16)8-15(10)21-9-11-4-6-14(18(19)20)13(7-11)17-2/h3-8,17H,9H2,1-2H3. The Kier molecular flexibility index (Phi) is 4.37. The first-order chi connectivity index (χ1) is 10.0. The van der Waals surface area contributed by atoms with Gasteiger partial charge in [-0.3, -0.25) is 10.1 Å². The zero-order valence-electron chi connectivity index (χ0n) is 11.7. The molecule has 0 spiro atoms. The van der Waals surface area contributed by atoms with E-state index < -0.39 is 4.92 Å². The topological polar surface area (TPSA) is 64.4 Å². The van der Waals surface area contributed by atoms with E-state index in [9.17, 15) is 14.5 Å². The minimum absolute atomic E-state index is 0.00295. The van der Waals surface area contributed by atoms with E-state index in [1.165, 1.54) is 18.2 Å². The average Bonchev–Trinajstić information content (AvgIpc) is 2.47. The molecule has 2 rings (SSSR count). The molecule has 6 heteroatoms. The van der Waals surface area contributed by atoms with Crippen molar-refractivity contribution in [3.8, 4) is 5.75 Å². The van der Waals surface area contributed by atoms with Gasteiger partial charge in [0.2, 0.25) is 0 Å². The molecule has 0 amide bonds. The van der Waals surface area contributed by atoms with E-state index in [1.807, 2.05) is 6.92 Å². The van der Waals surface area contributed by atoms with Gasteiger partial charge >= 0.3 is 0 Å². The second kappa shape index (κ2) is 6.21. The molecule has 0 aliphatic carbocycles. The van der Waals surface area contributed by atoms with Crippen LogP contribution in [0.2, 0.25) is 0 Å². The fourth-order valence-corrected chi connectivity index (χ4v) is 1.92. The lowest BCUT2D eigenvalue weighted by atomic mass is 10.1.